The van der Waals surface area contributed by atoms with Crippen LogP contribution in [-0.4, -0.2) is 30.9 Å². The Hall–Kier alpha value is -2.88. The second kappa shape index (κ2) is 9.29. The maximum Gasteiger partial charge on any atom is 0.416 e. The first-order chi connectivity index (χ1) is 14.3. The van der Waals surface area contributed by atoms with Crippen LogP contribution in [0.2, 0.25) is 0 Å². The van der Waals surface area contributed by atoms with Crippen LogP contribution in [0.15, 0.2) is 53.9 Å². The normalized spacial score (nSPS) is 12.6. The van der Waals surface area contributed by atoms with Crippen LogP contribution in [-0.2, 0) is 17.5 Å². The molecule has 0 radical (unpaired) electrons. The molecule has 0 spiro atoms. The van der Waals surface area contributed by atoms with Crippen molar-refractivity contribution >= 4 is 23.4 Å². The number of aromatic nitrogens is 4. The standard InChI is InChI=1S/C20H20F3N5OS/c1-3-11-28-17(14-7-9-24-10-8-14)26-27-19(28)30-13(2)18(29)25-16-6-4-5-15(12-16)20(21,22)23/h4-10,12-13H,3,11H2,1-2H3,(H,25,29). The SMILES string of the molecule is CCCn1c(SC(C)C(=O)Nc2cccc(C(F)(F)F)c2)nnc1-c1ccncc1. The quantitative estimate of drug-likeness (QED) is 0.535. The van der Waals surface area contributed by atoms with Crippen LogP contribution in [0.25, 0.3) is 11.4 Å². The van der Waals surface area contributed by atoms with Gasteiger partial charge in [-0.3, -0.25) is 9.78 Å². The molecule has 1 amide bonds. The van der Waals surface area contributed by atoms with Gasteiger partial charge in [0.2, 0.25) is 5.91 Å². The molecule has 6 nitrogen and oxygen atoms in total. The van der Waals surface area contributed by atoms with Gasteiger partial charge in [0.25, 0.3) is 0 Å². The van der Waals surface area contributed by atoms with E-state index >= 15 is 0 Å². The van der Waals surface area contributed by atoms with E-state index in [1.54, 1.807) is 19.3 Å². The molecule has 2 heterocycles. The zero-order valence-corrected chi connectivity index (χ0v) is 17.2. The fraction of sp³-hybridized carbons (Fsp3) is 0.300. The van der Waals surface area contributed by atoms with Crippen LogP contribution >= 0.6 is 11.8 Å². The van der Waals surface area contributed by atoms with E-state index in [9.17, 15) is 18.0 Å². The van der Waals surface area contributed by atoms with Crippen molar-refractivity contribution in [2.75, 3.05) is 5.32 Å². The molecular weight excluding hydrogens is 415 g/mol. The second-order valence-corrected chi connectivity index (χ2v) is 7.83. The fourth-order valence-corrected chi connectivity index (χ4v) is 3.62. The van der Waals surface area contributed by atoms with Crippen molar-refractivity contribution in [3.8, 4) is 11.4 Å². The third-order valence-electron chi connectivity index (χ3n) is 4.21. The number of carbonyl (C=O) groups excluding carboxylic acids is 1. The van der Waals surface area contributed by atoms with Gasteiger partial charge < -0.3 is 9.88 Å². The first kappa shape index (κ1) is 21.8. The Balaban J connectivity index is 1.75. The molecule has 10 heteroatoms. The van der Waals surface area contributed by atoms with Crippen molar-refractivity contribution in [2.24, 2.45) is 0 Å². The molecular formula is C20H20F3N5OS. The first-order valence-corrected chi connectivity index (χ1v) is 10.2. The van der Waals surface area contributed by atoms with Gasteiger partial charge in [-0.05, 0) is 43.7 Å². The summed E-state index contributed by atoms with van der Waals surface area (Å²) < 4.78 is 40.5. The van der Waals surface area contributed by atoms with Crippen molar-refractivity contribution in [2.45, 2.75) is 43.4 Å². The summed E-state index contributed by atoms with van der Waals surface area (Å²) in [6, 6.07) is 8.21. The van der Waals surface area contributed by atoms with Crippen molar-refractivity contribution in [1.82, 2.24) is 19.7 Å². The minimum absolute atomic E-state index is 0.0924. The lowest BCUT2D eigenvalue weighted by Crippen LogP contribution is -2.23. The van der Waals surface area contributed by atoms with E-state index in [0.717, 1.165) is 24.1 Å². The van der Waals surface area contributed by atoms with Gasteiger partial charge in [-0.25, -0.2) is 0 Å². The molecule has 0 saturated carbocycles. The Morgan fingerprint density at radius 1 is 1.20 bits per heavy atom. The van der Waals surface area contributed by atoms with Gasteiger partial charge in [-0.1, -0.05) is 24.8 Å². The van der Waals surface area contributed by atoms with Gasteiger partial charge in [0.1, 0.15) is 0 Å². The summed E-state index contributed by atoms with van der Waals surface area (Å²) in [5.41, 5.74) is 0.138. The highest BCUT2D eigenvalue weighted by molar-refractivity contribution is 8.00. The molecule has 0 fully saturated rings. The molecule has 30 heavy (non-hydrogen) atoms. The highest BCUT2D eigenvalue weighted by atomic mass is 32.2. The van der Waals surface area contributed by atoms with Gasteiger partial charge >= 0.3 is 6.18 Å². The number of alkyl halides is 3. The van der Waals surface area contributed by atoms with Crippen LogP contribution < -0.4 is 5.32 Å². The Morgan fingerprint density at radius 2 is 1.93 bits per heavy atom. The molecule has 2 aromatic heterocycles. The smallest absolute Gasteiger partial charge is 0.325 e. The number of rotatable bonds is 7. The Morgan fingerprint density at radius 3 is 2.60 bits per heavy atom. The molecule has 0 bridgehead atoms. The average molecular weight is 435 g/mol. The number of carbonyl (C=O) groups is 1. The highest BCUT2D eigenvalue weighted by Crippen LogP contribution is 2.31. The van der Waals surface area contributed by atoms with Crippen LogP contribution in [0.4, 0.5) is 18.9 Å². The molecule has 0 aliphatic rings. The predicted molar refractivity (Wildman–Crippen MR) is 109 cm³/mol. The minimum Gasteiger partial charge on any atom is -0.325 e. The monoisotopic (exact) mass is 435 g/mol. The number of hydrogen-bond acceptors (Lipinski definition) is 5. The van der Waals surface area contributed by atoms with Gasteiger partial charge in [0.15, 0.2) is 11.0 Å². The summed E-state index contributed by atoms with van der Waals surface area (Å²) in [6.07, 6.45) is -0.300. The summed E-state index contributed by atoms with van der Waals surface area (Å²) in [5, 5.41) is 11.0. The molecule has 1 atom stereocenters. The number of amides is 1. The molecule has 0 aliphatic heterocycles. The lowest BCUT2D eigenvalue weighted by Gasteiger charge is -2.14. The number of thioether (sulfide) groups is 1. The summed E-state index contributed by atoms with van der Waals surface area (Å²) in [4.78, 5) is 16.5. The number of anilines is 1. The van der Waals surface area contributed by atoms with E-state index in [2.05, 4.69) is 20.5 Å². The summed E-state index contributed by atoms with van der Waals surface area (Å²) in [7, 11) is 0. The van der Waals surface area contributed by atoms with Crippen molar-refractivity contribution in [3.63, 3.8) is 0 Å². The molecule has 3 rings (SSSR count). The average Bonchev–Trinajstić information content (AvgIpc) is 3.11. The van der Waals surface area contributed by atoms with E-state index < -0.39 is 22.9 Å². The minimum atomic E-state index is -4.47. The van der Waals surface area contributed by atoms with E-state index in [1.165, 1.54) is 23.9 Å². The molecule has 3 aromatic rings. The lowest BCUT2D eigenvalue weighted by molar-refractivity contribution is -0.137. The Bertz CT molecular complexity index is 1010. The van der Waals surface area contributed by atoms with E-state index in [4.69, 9.17) is 0 Å². The number of nitrogens with zero attached hydrogens (tertiary/aromatic N) is 4. The zero-order chi connectivity index (χ0) is 21.7. The molecule has 1 N–H and O–H groups in total. The Labute approximate surface area is 175 Å². The predicted octanol–water partition coefficient (Wildman–Crippen LogP) is 4.89. The molecule has 158 valence electrons. The van der Waals surface area contributed by atoms with Gasteiger partial charge in [0, 0.05) is 30.2 Å². The fourth-order valence-electron chi connectivity index (χ4n) is 2.74. The largest absolute Gasteiger partial charge is 0.416 e. The maximum atomic E-state index is 12.9. The van der Waals surface area contributed by atoms with Gasteiger partial charge in [0.05, 0.1) is 10.8 Å². The van der Waals surface area contributed by atoms with Crippen LogP contribution in [0.1, 0.15) is 25.8 Å². The molecule has 0 aliphatic carbocycles. The first-order valence-electron chi connectivity index (χ1n) is 9.28. The van der Waals surface area contributed by atoms with Crippen LogP contribution in [0, 0.1) is 0 Å². The second-order valence-electron chi connectivity index (χ2n) is 6.52. The molecule has 1 unspecified atom stereocenters. The zero-order valence-electron chi connectivity index (χ0n) is 16.3. The molecule has 0 saturated heterocycles. The maximum absolute atomic E-state index is 12.9. The van der Waals surface area contributed by atoms with Crippen LogP contribution in [0.5, 0.6) is 0 Å². The molecule has 1 aromatic carbocycles. The van der Waals surface area contributed by atoms with Crippen molar-refractivity contribution in [1.29, 1.82) is 0 Å². The third-order valence-corrected chi connectivity index (χ3v) is 5.29. The number of halogens is 3. The van der Waals surface area contributed by atoms with Gasteiger partial charge in [-0.15, -0.1) is 10.2 Å². The number of hydrogen-bond donors (Lipinski definition) is 1. The third kappa shape index (κ3) is 5.18. The number of pyridine rings is 1. The number of nitrogens with one attached hydrogen (secondary N) is 1. The Kier molecular flexibility index (Phi) is 6.76. The highest BCUT2D eigenvalue weighted by Gasteiger charge is 2.30. The summed E-state index contributed by atoms with van der Waals surface area (Å²) >= 11 is 1.20. The van der Waals surface area contributed by atoms with E-state index in [0.29, 0.717) is 17.5 Å². The van der Waals surface area contributed by atoms with Gasteiger partial charge in [-0.2, -0.15) is 13.2 Å². The van der Waals surface area contributed by atoms with E-state index in [1.807, 2.05) is 23.6 Å². The van der Waals surface area contributed by atoms with Crippen molar-refractivity contribution < 1.29 is 18.0 Å². The summed E-state index contributed by atoms with van der Waals surface area (Å²) in [6.45, 7) is 4.36. The van der Waals surface area contributed by atoms with E-state index in [-0.39, 0.29) is 5.69 Å². The lowest BCUT2D eigenvalue weighted by atomic mass is 10.2. The summed E-state index contributed by atoms with van der Waals surface area (Å²) in [5.74, 6) is 0.253. The van der Waals surface area contributed by atoms with Crippen LogP contribution in [0.3, 0.4) is 0 Å². The van der Waals surface area contributed by atoms with Crippen molar-refractivity contribution in [3.05, 3.63) is 54.4 Å². The topological polar surface area (TPSA) is 72.7 Å². The number of benzene rings is 1.